The number of aromatic nitrogens is 1. The Kier molecular flexibility index (Phi) is 5.61. The van der Waals surface area contributed by atoms with Gasteiger partial charge in [-0.1, -0.05) is 6.07 Å². The fourth-order valence-corrected chi connectivity index (χ4v) is 4.68. The van der Waals surface area contributed by atoms with Gasteiger partial charge in [0.2, 0.25) is 5.91 Å². The number of fused-ring (bicyclic) bond motifs is 1. The third-order valence-corrected chi connectivity index (χ3v) is 6.08. The highest BCUT2D eigenvalue weighted by Crippen LogP contribution is 2.39. The second-order valence-corrected chi connectivity index (χ2v) is 8.20. The molecule has 0 spiro atoms. The van der Waals surface area contributed by atoms with Crippen molar-refractivity contribution in [2.45, 2.75) is 51.6 Å². The number of benzene rings is 1. The van der Waals surface area contributed by atoms with Crippen molar-refractivity contribution in [3.63, 3.8) is 0 Å². The van der Waals surface area contributed by atoms with Crippen molar-refractivity contribution in [3.05, 3.63) is 42.1 Å². The molecule has 2 aliphatic rings. The number of carboxylic acid groups (broad SMARTS) is 1. The standard InChI is InChI=1S/C23H28N4O3/c1-15-12-20(25-23(29)30)19-13-17(6-8-21(19)27(15)16(2)28)18-7-9-22(24-14-18)26-10-4-3-5-11-26/h6-9,13-15,20,25H,3-5,10-12H2,1-2H3,(H,29,30)/t15-,20+/m1/s1. The Morgan fingerprint density at radius 2 is 1.83 bits per heavy atom. The predicted molar refractivity (Wildman–Crippen MR) is 117 cm³/mol. The average molecular weight is 409 g/mol. The van der Waals surface area contributed by atoms with E-state index < -0.39 is 6.09 Å². The summed E-state index contributed by atoms with van der Waals surface area (Å²) >= 11 is 0. The number of carbonyl (C=O) groups excluding carboxylic acids is 1. The van der Waals surface area contributed by atoms with Crippen LogP contribution in [0, 0.1) is 0 Å². The minimum Gasteiger partial charge on any atom is -0.465 e. The van der Waals surface area contributed by atoms with E-state index in [0.29, 0.717) is 6.42 Å². The Balaban J connectivity index is 1.67. The lowest BCUT2D eigenvalue weighted by atomic mass is 9.89. The fraction of sp³-hybridized carbons (Fsp3) is 0.435. The van der Waals surface area contributed by atoms with Gasteiger partial charge in [-0.05, 0) is 68.0 Å². The fourth-order valence-electron chi connectivity index (χ4n) is 4.68. The number of nitrogens with zero attached hydrogens (tertiary/aromatic N) is 3. The van der Waals surface area contributed by atoms with Crippen molar-refractivity contribution in [1.29, 1.82) is 0 Å². The first-order chi connectivity index (χ1) is 14.4. The third-order valence-electron chi connectivity index (χ3n) is 6.08. The molecule has 2 amide bonds. The maximum Gasteiger partial charge on any atom is 0.405 e. The summed E-state index contributed by atoms with van der Waals surface area (Å²) in [7, 11) is 0. The number of hydrogen-bond acceptors (Lipinski definition) is 4. The van der Waals surface area contributed by atoms with Crippen LogP contribution in [0.4, 0.5) is 16.3 Å². The summed E-state index contributed by atoms with van der Waals surface area (Å²) in [6.07, 6.45) is 5.04. The predicted octanol–water partition coefficient (Wildman–Crippen LogP) is 4.19. The molecule has 30 heavy (non-hydrogen) atoms. The number of hydrogen-bond donors (Lipinski definition) is 2. The van der Waals surface area contributed by atoms with Crippen molar-refractivity contribution in [1.82, 2.24) is 10.3 Å². The number of piperidine rings is 1. The molecule has 1 fully saturated rings. The third kappa shape index (κ3) is 3.97. The quantitative estimate of drug-likeness (QED) is 0.795. The first-order valence-corrected chi connectivity index (χ1v) is 10.6. The van der Waals surface area contributed by atoms with Gasteiger partial charge in [0, 0.05) is 43.5 Å². The molecular formula is C23H28N4O3. The van der Waals surface area contributed by atoms with E-state index in [1.165, 1.54) is 19.3 Å². The van der Waals surface area contributed by atoms with Crippen molar-refractivity contribution < 1.29 is 14.7 Å². The van der Waals surface area contributed by atoms with Gasteiger partial charge in [0.25, 0.3) is 0 Å². The second kappa shape index (κ2) is 8.34. The van der Waals surface area contributed by atoms with Crippen LogP contribution in [0.25, 0.3) is 11.1 Å². The molecule has 2 aromatic rings. The lowest BCUT2D eigenvalue weighted by Crippen LogP contribution is -2.45. The Labute approximate surface area is 176 Å². The lowest BCUT2D eigenvalue weighted by molar-refractivity contribution is -0.117. The Morgan fingerprint density at radius 3 is 2.47 bits per heavy atom. The zero-order valence-electron chi connectivity index (χ0n) is 17.5. The first-order valence-electron chi connectivity index (χ1n) is 10.6. The minimum atomic E-state index is -1.06. The molecule has 0 bridgehead atoms. The van der Waals surface area contributed by atoms with Crippen LogP contribution < -0.4 is 15.1 Å². The van der Waals surface area contributed by atoms with E-state index in [0.717, 1.165) is 41.3 Å². The monoisotopic (exact) mass is 408 g/mol. The number of nitrogens with one attached hydrogen (secondary N) is 1. The molecule has 3 heterocycles. The molecule has 0 unspecified atom stereocenters. The molecule has 0 aliphatic carbocycles. The van der Waals surface area contributed by atoms with Crippen LogP contribution in [0.15, 0.2) is 36.5 Å². The SMILES string of the molecule is CC(=O)N1c2ccc(-c3ccc(N4CCCCC4)nc3)cc2[C@@H](NC(=O)O)C[C@H]1C. The number of amides is 2. The molecule has 0 saturated carbocycles. The van der Waals surface area contributed by atoms with E-state index in [-0.39, 0.29) is 18.0 Å². The van der Waals surface area contributed by atoms with Gasteiger partial charge in [-0.2, -0.15) is 0 Å². The average Bonchev–Trinajstić information content (AvgIpc) is 2.73. The maximum atomic E-state index is 12.2. The van der Waals surface area contributed by atoms with Crippen molar-refractivity contribution >= 4 is 23.5 Å². The van der Waals surface area contributed by atoms with Gasteiger partial charge in [-0.25, -0.2) is 9.78 Å². The summed E-state index contributed by atoms with van der Waals surface area (Å²) in [4.78, 5) is 32.3. The molecule has 1 saturated heterocycles. The number of carbonyl (C=O) groups is 2. The van der Waals surface area contributed by atoms with Crippen molar-refractivity contribution in [3.8, 4) is 11.1 Å². The van der Waals surface area contributed by atoms with Crippen molar-refractivity contribution in [2.75, 3.05) is 22.9 Å². The summed E-state index contributed by atoms with van der Waals surface area (Å²) < 4.78 is 0. The molecular weight excluding hydrogens is 380 g/mol. The van der Waals surface area contributed by atoms with E-state index in [1.807, 2.05) is 31.3 Å². The Morgan fingerprint density at radius 1 is 1.10 bits per heavy atom. The smallest absolute Gasteiger partial charge is 0.405 e. The highest BCUT2D eigenvalue weighted by Gasteiger charge is 2.33. The topological polar surface area (TPSA) is 85.8 Å². The maximum absolute atomic E-state index is 12.2. The normalized spacial score (nSPS) is 21.1. The van der Waals surface area contributed by atoms with Crippen LogP contribution in [0.2, 0.25) is 0 Å². The van der Waals surface area contributed by atoms with Crippen LogP contribution in [-0.4, -0.2) is 41.2 Å². The highest BCUT2D eigenvalue weighted by molar-refractivity contribution is 5.94. The molecule has 1 aromatic carbocycles. The van der Waals surface area contributed by atoms with Crippen LogP contribution in [0.3, 0.4) is 0 Å². The molecule has 2 N–H and O–H groups in total. The van der Waals surface area contributed by atoms with E-state index in [2.05, 4.69) is 27.3 Å². The minimum absolute atomic E-state index is 0.0437. The Hall–Kier alpha value is -3.09. The lowest BCUT2D eigenvalue weighted by Gasteiger charge is -2.39. The zero-order chi connectivity index (χ0) is 21.3. The van der Waals surface area contributed by atoms with Crippen molar-refractivity contribution in [2.24, 2.45) is 0 Å². The first kappa shape index (κ1) is 20.2. The van der Waals surface area contributed by atoms with Crippen LogP contribution in [-0.2, 0) is 4.79 Å². The molecule has 2 aliphatic heterocycles. The van der Waals surface area contributed by atoms with Gasteiger partial charge < -0.3 is 20.2 Å². The molecule has 7 nitrogen and oxygen atoms in total. The zero-order valence-corrected chi connectivity index (χ0v) is 17.5. The molecule has 0 radical (unpaired) electrons. The summed E-state index contributed by atoms with van der Waals surface area (Å²) in [6, 6.07) is 9.55. The van der Waals surface area contributed by atoms with Gasteiger partial charge in [0.05, 0.1) is 6.04 Å². The van der Waals surface area contributed by atoms with E-state index in [1.54, 1.807) is 11.8 Å². The molecule has 2 atom stereocenters. The summed E-state index contributed by atoms with van der Waals surface area (Å²) in [5.74, 6) is 0.955. The largest absolute Gasteiger partial charge is 0.465 e. The van der Waals surface area contributed by atoms with E-state index in [4.69, 9.17) is 0 Å². The van der Waals surface area contributed by atoms with Crippen LogP contribution in [0.5, 0.6) is 0 Å². The number of rotatable bonds is 3. The Bertz CT molecular complexity index is 938. The van der Waals surface area contributed by atoms with Gasteiger partial charge in [-0.15, -0.1) is 0 Å². The van der Waals surface area contributed by atoms with E-state index >= 15 is 0 Å². The molecule has 158 valence electrons. The summed E-state index contributed by atoms with van der Waals surface area (Å²) in [5.41, 5.74) is 3.52. The second-order valence-electron chi connectivity index (χ2n) is 8.20. The van der Waals surface area contributed by atoms with Gasteiger partial charge in [0.1, 0.15) is 5.82 Å². The molecule has 7 heteroatoms. The van der Waals surface area contributed by atoms with Gasteiger partial charge in [-0.3, -0.25) is 4.79 Å². The highest BCUT2D eigenvalue weighted by atomic mass is 16.4. The molecule has 4 rings (SSSR count). The van der Waals surface area contributed by atoms with Gasteiger partial charge in [0.15, 0.2) is 0 Å². The molecule has 1 aromatic heterocycles. The number of pyridine rings is 1. The van der Waals surface area contributed by atoms with Gasteiger partial charge >= 0.3 is 6.09 Å². The summed E-state index contributed by atoms with van der Waals surface area (Å²) in [6.45, 7) is 5.58. The summed E-state index contributed by atoms with van der Waals surface area (Å²) in [5, 5.41) is 11.9. The van der Waals surface area contributed by atoms with Crippen LogP contribution >= 0.6 is 0 Å². The number of anilines is 2. The van der Waals surface area contributed by atoms with Crippen LogP contribution in [0.1, 0.15) is 51.1 Å². The van der Waals surface area contributed by atoms with E-state index in [9.17, 15) is 14.7 Å².